The number of methoxy groups -OCH3 is 2. The zero-order valence-corrected chi connectivity index (χ0v) is 32.7. The van der Waals surface area contributed by atoms with Gasteiger partial charge >= 0.3 is 0 Å². The van der Waals surface area contributed by atoms with E-state index >= 15 is 0 Å². The fraction of sp³-hybridized carbons (Fsp3) is 0.302. The Balaban J connectivity index is 0.000000319. The fourth-order valence-corrected chi connectivity index (χ4v) is 7.61. The van der Waals surface area contributed by atoms with Crippen molar-refractivity contribution >= 4 is 50.4 Å². The molecule has 0 aliphatic heterocycles. The second-order valence-electron chi connectivity index (χ2n) is 12.7. The lowest BCUT2D eigenvalue weighted by molar-refractivity contribution is 0.277. The van der Waals surface area contributed by atoms with E-state index in [-0.39, 0.29) is 5.41 Å². The molecule has 0 unspecified atom stereocenters. The number of anilines is 2. The van der Waals surface area contributed by atoms with E-state index in [9.17, 15) is 0 Å². The van der Waals surface area contributed by atoms with Crippen molar-refractivity contribution in [2.45, 2.75) is 39.0 Å². The van der Waals surface area contributed by atoms with Crippen LogP contribution in [0.1, 0.15) is 44.1 Å². The Kier molecular flexibility index (Phi) is 15.4. The van der Waals surface area contributed by atoms with E-state index in [2.05, 4.69) is 167 Å². The Morgan fingerprint density at radius 3 is 1.96 bits per heavy atom. The van der Waals surface area contributed by atoms with Crippen LogP contribution < -0.4 is 9.80 Å². The molecule has 0 fully saturated rings. The van der Waals surface area contributed by atoms with Crippen molar-refractivity contribution in [3.63, 3.8) is 0 Å². The van der Waals surface area contributed by atoms with Gasteiger partial charge in [-0.3, -0.25) is 0 Å². The highest BCUT2D eigenvalue weighted by atomic mass is 32.1. The maximum Gasteiger partial charge on any atom is 0.0911 e. The van der Waals surface area contributed by atoms with Crippen molar-refractivity contribution < 1.29 is 9.47 Å². The Morgan fingerprint density at radius 2 is 1.39 bits per heavy atom. The molecule has 0 aliphatic carbocycles. The first-order valence-corrected chi connectivity index (χ1v) is 18.3. The van der Waals surface area contributed by atoms with Gasteiger partial charge in [-0.2, -0.15) is 0 Å². The van der Waals surface area contributed by atoms with E-state index in [4.69, 9.17) is 4.74 Å². The maximum absolute atomic E-state index is 5.36. The van der Waals surface area contributed by atoms with Crippen LogP contribution in [0.4, 0.5) is 11.4 Å². The van der Waals surface area contributed by atoms with Crippen LogP contribution in [-0.2, 0) is 14.9 Å². The SMILES string of the molecule is C=CC(C)(C)c1ccccc1N(C)C.CCC/C=C\C(=C\OC)c1ccc(-c2sc(-c3ccc(N(C)C)cc3)c3ccccc23)s1.COC. The molecule has 5 aromatic rings. The van der Waals surface area contributed by atoms with E-state index < -0.39 is 0 Å². The van der Waals surface area contributed by atoms with Crippen LogP contribution in [0, 0.1) is 0 Å². The van der Waals surface area contributed by atoms with Crippen LogP contribution in [0.2, 0.25) is 0 Å². The van der Waals surface area contributed by atoms with Crippen molar-refractivity contribution in [3.8, 4) is 20.2 Å². The van der Waals surface area contributed by atoms with Gasteiger partial charge in [0.15, 0.2) is 0 Å². The summed E-state index contributed by atoms with van der Waals surface area (Å²) in [5, 5.41) is 2.63. The fourth-order valence-electron chi connectivity index (χ4n) is 5.22. The highest BCUT2D eigenvalue weighted by Gasteiger charge is 2.20. The Labute approximate surface area is 303 Å². The molecule has 0 radical (unpaired) electrons. The zero-order chi connectivity index (χ0) is 36.0. The summed E-state index contributed by atoms with van der Waals surface area (Å²) in [5.74, 6) is 0. The summed E-state index contributed by atoms with van der Waals surface area (Å²) in [7, 11) is 13.2. The minimum absolute atomic E-state index is 0.0286. The number of hydrogen-bond donors (Lipinski definition) is 0. The second kappa shape index (κ2) is 19.2. The van der Waals surface area contributed by atoms with Gasteiger partial charge in [-0.05, 0) is 47.9 Å². The van der Waals surface area contributed by atoms with E-state index in [0.717, 1.165) is 18.4 Å². The number of allylic oxidation sites excluding steroid dienone is 4. The smallest absolute Gasteiger partial charge is 0.0911 e. The number of rotatable bonds is 11. The molecule has 6 heteroatoms. The van der Waals surface area contributed by atoms with Gasteiger partial charge in [-0.1, -0.05) is 100 Å². The number of nitrogens with zero attached hydrogens (tertiary/aromatic N) is 2. The largest absolute Gasteiger partial charge is 0.504 e. The van der Waals surface area contributed by atoms with Crippen LogP contribution in [0.3, 0.4) is 0 Å². The minimum Gasteiger partial charge on any atom is -0.504 e. The van der Waals surface area contributed by atoms with Crippen LogP contribution in [0.5, 0.6) is 0 Å². The maximum atomic E-state index is 5.36. The molecule has 0 aliphatic rings. The lowest BCUT2D eigenvalue weighted by Crippen LogP contribution is -2.19. The van der Waals surface area contributed by atoms with Crippen molar-refractivity contribution in [3.05, 3.63) is 126 Å². The molecule has 0 N–H and O–H groups in total. The zero-order valence-electron chi connectivity index (χ0n) is 31.0. The van der Waals surface area contributed by atoms with Crippen LogP contribution in [0.15, 0.2) is 116 Å². The molecule has 0 bridgehead atoms. The number of para-hydroxylation sites is 1. The average Bonchev–Trinajstić information content (AvgIpc) is 3.74. The topological polar surface area (TPSA) is 24.9 Å². The molecular weight excluding hydrogens is 641 g/mol. The molecule has 0 saturated heterocycles. The summed E-state index contributed by atoms with van der Waals surface area (Å²) in [4.78, 5) is 9.45. The van der Waals surface area contributed by atoms with Gasteiger partial charge in [0.1, 0.15) is 0 Å². The number of hydrogen-bond acceptors (Lipinski definition) is 6. The monoisotopic (exact) mass is 694 g/mol. The molecule has 260 valence electrons. The summed E-state index contributed by atoms with van der Waals surface area (Å²) < 4.78 is 9.61. The lowest BCUT2D eigenvalue weighted by atomic mass is 9.83. The summed E-state index contributed by atoms with van der Waals surface area (Å²) in [6.45, 7) is 10.5. The second-order valence-corrected chi connectivity index (χ2v) is 14.8. The quantitative estimate of drug-likeness (QED) is 0.0780. The predicted molar refractivity (Wildman–Crippen MR) is 221 cm³/mol. The molecule has 0 atom stereocenters. The molecule has 0 amide bonds. The first kappa shape index (κ1) is 39.3. The number of ether oxygens (including phenoxy) is 2. The van der Waals surface area contributed by atoms with Gasteiger partial charge in [-0.25, -0.2) is 0 Å². The molecule has 4 nitrogen and oxygen atoms in total. The number of thiophene rings is 2. The molecule has 0 saturated carbocycles. The summed E-state index contributed by atoms with van der Waals surface area (Å²) in [6, 6.07) is 30.5. The molecular formula is C43H54N2O2S2. The summed E-state index contributed by atoms with van der Waals surface area (Å²) in [6.07, 6.45) is 10.4. The van der Waals surface area contributed by atoms with Crippen molar-refractivity contribution in [1.29, 1.82) is 0 Å². The first-order valence-electron chi connectivity index (χ1n) is 16.6. The third-order valence-corrected chi connectivity index (χ3v) is 10.6. The van der Waals surface area contributed by atoms with E-state index in [1.165, 1.54) is 52.8 Å². The highest BCUT2D eigenvalue weighted by Crippen LogP contribution is 2.46. The third-order valence-electron chi connectivity index (χ3n) is 7.97. The highest BCUT2D eigenvalue weighted by molar-refractivity contribution is 7.25. The van der Waals surface area contributed by atoms with Crippen LogP contribution >= 0.6 is 22.7 Å². The molecule has 2 heterocycles. The lowest BCUT2D eigenvalue weighted by Gasteiger charge is -2.27. The van der Waals surface area contributed by atoms with Gasteiger partial charge in [0.25, 0.3) is 0 Å². The molecule has 49 heavy (non-hydrogen) atoms. The number of unbranched alkanes of at least 4 members (excludes halogenated alkanes) is 1. The number of fused-ring (bicyclic) bond motifs is 1. The van der Waals surface area contributed by atoms with Crippen LogP contribution in [0.25, 0.3) is 36.5 Å². The van der Waals surface area contributed by atoms with Crippen molar-refractivity contribution in [1.82, 2.24) is 0 Å². The standard InChI is InChI=1S/C28H29NOS2.C13H19N.C2H6O/c1-5-6-7-10-21(19-30-4)25-17-18-26(31-25)28-24-12-9-8-11-23(24)27(32-28)20-13-15-22(16-14-20)29(2)3;1-6-13(2,3)11-9-7-8-10-12(11)14(4)5;1-3-2/h7-19H,5-6H2,1-4H3;6-10H,1H2,2-5H3;1-2H3/b10-7-,21-19-;;. The van der Waals surface area contributed by atoms with Gasteiger partial charge in [0.2, 0.25) is 0 Å². The molecule has 2 aromatic heterocycles. The van der Waals surface area contributed by atoms with E-state index in [0.29, 0.717) is 0 Å². The van der Waals surface area contributed by atoms with E-state index in [1.54, 1.807) is 21.3 Å². The molecule has 3 aromatic carbocycles. The van der Waals surface area contributed by atoms with Crippen molar-refractivity contribution in [2.75, 3.05) is 59.3 Å². The Morgan fingerprint density at radius 1 is 0.776 bits per heavy atom. The predicted octanol–water partition coefficient (Wildman–Crippen LogP) is 12.2. The van der Waals surface area contributed by atoms with Gasteiger partial charge in [0, 0.05) is 90.2 Å². The Bertz CT molecular complexity index is 1810. The third kappa shape index (κ3) is 10.4. The first-order chi connectivity index (χ1) is 23.5. The minimum atomic E-state index is 0.0286. The number of benzene rings is 3. The van der Waals surface area contributed by atoms with E-state index in [1.807, 2.05) is 35.0 Å². The summed E-state index contributed by atoms with van der Waals surface area (Å²) in [5.41, 5.74) is 6.21. The molecule has 0 spiro atoms. The van der Waals surface area contributed by atoms with Gasteiger partial charge in [-0.15, -0.1) is 29.3 Å². The van der Waals surface area contributed by atoms with Gasteiger partial charge in [0.05, 0.1) is 18.2 Å². The normalized spacial score (nSPS) is 11.4. The van der Waals surface area contributed by atoms with Gasteiger partial charge < -0.3 is 19.3 Å². The molecule has 5 rings (SSSR count). The Hall–Kier alpha value is -4.10. The van der Waals surface area contributed by atoms with Crippen molar-refractivity contribution in [2.24, 2.45) is 0 Å². The summed E-state index contributed by atoms with van der Waals surface area (Å²) >= 11 is 3.71. The average molecular weight is 695 g/mol. The van der Waals surface area contributed by atoms with Crippen LogP contribution in [-0.4, -0.2) is 49.5 Å².